The molecule has 0 radical (unpaired) electrons. The lowest BCUT2D eigenvalue weighted by Gasteiger charge is -2.36. The zero-order valence-electron chi connectivity index (χ0n) is 12.4. The van der Waals surface area contributed by atoms with Gasteiger partial charge in [0, 0.05) is 18.6 Å². The van der Waals surface area contributed by atoms with Crippen molar-refractivity contribution in [2.24, 2.45) is 0 Å². The van der Waals surface area contributed by atoms with Crippen LogP contribution in [0.4, 0.5) is 0 Å². The van der Waals surface area contributed by atoms with Crippen molar-refractivity contribution in [2.75, 3.05) is 27.4 Å². The molecule has 0 spiro atoms. The molecule has 1 aromatic rings. The Labute approximate surface area is 121 Å². The van der Waals surface area contributed by atoms with Gasteiger partial charge in [-0.25, -0.2) is 0 Å². The van der Waals surface area contributed by atoms with E-state index in [0.717, 1.165) is 24.6 Å². The van der Waals surface area contributed by atoms with Crippen LogP contribution in [0.25, 0.3) is 0 Å². The Morgan fingerprint density at radius 2 is 1.90 bits per heavy atom. The Bertz CT molecular complexity index is 468. The number of nitrogens with one attached hydrogen (secondary N) is 1. The van der Waals surface area contributed by atoms with Gasteiger partial charge < -0.3 is 19.7 Å². The summed E-state index contributed by atoms with van der Waals surface area (Å²) in [6.07, 6.45) is 5.30. The number of hydrogen-bond acceptors (Lipinski definition) is 4. The molecule has 1 aliphatic heterocycles. The standard InChI is InChI=1S/C16H24N2O2/c1-18(2)16(7-3-4-8-16)11-17-10-13-5-6-14-15(9-13)20-12-19-14/h5-6,9,17H,3-4,7-8,10-12H2,1-2H3. The fourth-order valence-corrected chi connectivity index (χ4v) is 3.31. The highest BCUT2D eigenvalue weighted by atomic mass is 16.7. The van der Waals surface area contributed by atoms with E-state index in [2.05, 4.69) is 36.4 Å². The Kier molecular flexibility index (Phi) is 3.85. The molecule has 4 heteroatoms. The molecule has 4 nitrogen and oxygen atoms in total. The molecule has 1 saturated carbocycles. The van der Waals surface area contributed by atoms with E-state index < -0.39 is 0 Å². The van der Waals surface area contributed by atoms with E-state index in [1.54, 1.807) is 0 Å². The quantitative estimate of drug-likeness (QED) is 0.895. The van der Waals surface area contributed by atoms with Gasteiger partial charge in [-0.3, -0.25) is 0 Å². The SMILES string of the molecule is CN(C)C1(CNCc2ccc3c(c2)OCO3)CCCC1. The Morgan fingerprint density at radius 3 is 2.65 bits per heavy atom. The molecule has 1 aromatic carbocycles. The largest absolute Gasteiger partial charge is 0.454 e. The molecule has 0 atom stereocenters. The number of nitrogens with zero attached hydrogens (tertiary/aromatic N) is 1. The zero-order chi connectivity index (χ0) is 14.0. The molecule has 110 valence electrons. The van der Waals surface area contributed by atoms with Crippen molar-refractivity contribution >= 4 is 0 Å². The molecule has 2 aliphatic rings. The summed E-state index contributed by atoms with van der Waals surface area (Å²) >= 11 is 0. The van der Waals surface area contributed by atoms with Crippen molar-refractivity contribution < 1.29 is 9.47 Å². The Balaban J connectivity index is 1.57. The highest BCUT2D eigenvalue weighted by molar-refractivity contribution is 5.44. The minimum Gasteiger partial charge on any atom is -0.454 e. The van der Waals surface area contributed by atoms with Crippen molar-refractivity contribution in [3.8, 4) is 11.5 Å². The van der Waals surface area contributed by atoms with Gasteiger partial charge in [0.25, 0.3) is 0 Å². The molecule has 0 amide bonds. The van der Waals surface area contributed by atoms with Gasteiger partial charge in [0.1, 0.15) is 0 Å². The summed E-state index contributed by atoms with van der Waals surface area (Å²) in [6.45, 7) is 2.27. The predicted molar refractivity (Wildman–Crippen MR) is 79.2 cm³/mol. The fraction of sp³-hybridized carbons (Fsp3) is 0.625. The third kappa shape index (κ3) is 2.63. The normalized spacial score (nSPS) is 19.8. The van der Waals surface area contributed by atoms with Crippen LogP contribution in [0.2, 0.25) is 0 Å². The fourth-order valence-electron chi connectivity index (χ4n) is 3.31. The van der Waals surface area contributed by atoms with Crippen molar-refractivity contribution in [1.29, 1.82) is 0 Å². The van der Waals surface area contributed by atoms with E-state index >= 15 is 0 Å². The van der Waals surface area contributed by atoms with Crippen LogP contribution in [0.1, 0.15) is 31.2 Å². The summed E-state index contributed by atoms with van der Waals surface area (Å²) in [4.78, 5) is 2.40. The first-order chi connectivity index (χ1) is 9.70. The average molecular weight is 276 g/mol. The summed E-state index contributed by atoms with van der Waals surface area (Å²) in [5, 5.41) is 3.62. The van der Waals surface area contributed by atoms with E-state index in [1.807, 2.05) is 6.07 Å². The van der Waals surface area contributed by atoms with Crippen LogP contribution < -0.4 is 14.8 Å². The Morgan fingerprint density at radius 1 is 1.15 bits per heavy atom. The van der Waals surface area contributed by atoms with Crippen LogP contribution in [0.5, 0.6) is 11.5 Å². The van der Waals surface area contributed by atoms with Gasteiger partial charge >= 0.3 is 0 Å². The van der Waals surface area contributed by atoms with Gasteiger partial charge in [0.05, 0.1) is 0 Å². The molecule has 1 N–H and O–H groups in total. The molecular weight excluding hydrogens is 252 g/mol. The van der Waals surface area contributed by atoms with Crippen molar-refractivity contribution in [3.05, 3.63) is 23.8 Å². The highest BCUT2D eigenvalue weighted by Crippen LogP contribution is 2.34. The number of hydrogen-bond donors (Lipinski definition) is 1. The van der Waals surface area contributed by atoms with E-state index in [9.17, 15) is 0 Å². The first-order valence-electron chi connectivity index (χ1n) is 7.46. The lowest BCUT2D eigenvalue weighted by molar-refractivity contribution is 0.153. The van der Waals surface area contributed by atoms with Crippen LogP contribution in [-0.4, -0.2) is 37.9 Å². The maximum Gasteiger partial charge on any atom is 0.231 e. The molecule has 0 unspecified atom stereocenters. The van der Waals surface area contributed by atoms with Crippen molar-refractivity contribution in [2.45, 2.75) is 37.8 Å². The maximum atomic E-state index is 5.42. The van der Waals surface area contributed by atoms with Crippen LogP contribution in [0.3, 0.4) is 0 Å². The maximum absolute atomic E-state index is 5.42. The summed E-state index contributed by atoms with van der Waals surface area (Å²) in [5.41, 5.74) is 1.59. The van der Waals surface area contributed by atoms with E-state index in [4.69, 9.17) is 9.47 Å². The Hall–Kier alpha value is -1.26. The van der Waals surface area contributed by atoms with Crippen molar-refractivity contribution in [3.63, 3.8) is 0 Å². The topological polar surface area (TPSA) is 33.7 Å². The first kappa shape index (κ1) is 13.7. The number of likely N-dealkylation sites (N-methyl/N-ethyl adjacent to an activating group) is 1. The number of benzene rings is 1. The predicted octanol–water partition coefficient (Wildman–Crippen LogP) is 2.38. The number of fused-ring (bicyclic) bond motifs is 1. The lowest BCUT2D eigenvalue weighted by atomic mass is 9.96. The third-order valence-electron chi connectivity index (χ3n) is 4.70. The second kappa shape index (κ2) is 5.62. The average Bonchev–Trinajstić information content (AvgIpc) is 3.07. The summed E-state index contributed by atoms with van der Waals surface area (Å²) < 4.78 is 10.8. The van der Waals surface area contributed by atoms with Crippen molar-refractivity contribution in [1.82, 2.24) is 10.2 Å². The summed E-state index contributed by atoms with van der Waals surface area (Å²) in [5.74, 6) is 1.72. The smallest absolute Gasteiger partial charge is 0.231 e. The molecular formula is C16H24N2O2. The minimum absolute atomic E-state index is 0.343. The zero-order valence-corrected chi connectivity index (χ0v) is 12.4. The molecule has 0 saturated heterocycles. The van der Waals surface area contributed by atoms with Crippen LogP contribution in [0.15, 0.2) is 18.2 Å². The molecule has 1 fully saturated rings. The number of ether oxygens (including phenoxy) is 2. The molecule has 0 aromatic heterocycles. The molecule has 20 heavy (non-hydrogen) atoms. The number of rotatable bonds is 5. The van der Waals surface area contributed by atoms with E-state index in [1.165, 1.54) is 31.2 Å². The second-order valence-corrected chi connectivity index (χ2v) is 6.12. The van der Waals surface area contributed by atoms with Gasteiger partial charge in [0.2, 0.25) is 6.79 Å². The van der Waals surface area contributed by atoms with E-state index in [-0.39, 0.29) is 0 Å². The van der Waals surface area contributed by atoms with Crippen LogP contribution in [-0.2, 0) is 6.54 Å². The van der Waals surface area contributed by atoms with Gasteiger partial charge in [-0.15, -0.1) is 0 Å². The lowest BCUT2D eigenvalue weighted by Crippen LogP contribution is -2.49. The second-order valence-electron chi connectivity index (χ2n) is 6.12. The first-order valence-corrected chi connectivity index (χ1v) is 7.46. The van der Waals surface area contributed by atoms with Gasteiger partial charge in [-0.2, -0.15) is 0 Å². The van der Waals surface area contributed by atoms with Gasteiger partial charge in [-0.1, -0.05) is 18.9 Å². The summed E-state index contributed by atoms with van der Waals surface area (Å²) in [7, 11) is 4.40. The van der Waals surface area contributed by atoms with Gasteiger partial charge in [0.15, 0.2) is 11.5 Å². The third-order valence-corrected chi connectivity index (χ3v) is 4.70. The van der Waals surface area contributed by atoms with Gasteiger partial charge in [-0.05, 0) is 44.6 Å². The molecule has 1 heterocycles. The van der Waals surface area contributed by atoms with Crippen LogP contribution in [0, 0.1) is 0 Å². The molecule has 3 rings (SSSR count). The molecule has 0 bridgehead atoms. The molecule has 1 aliphatic carbocycles. The van der Waals surface area contributed by atoms with E-state index in [0.29, 0.717) is 12.3 Å². The summed E-state index contributed by atoms with van der Waals surface area (Å²) in [6, 6.07) is 6.18. The minimum atomic E-state index is 0.343. The van der Waals surface area contributed by atoms with Crippen LogP contribution >= 0.6 is 0 Å². The monoisotopic (exact) mass is 276 g/mol. The highest BCUT2D eigenvalue weighted by Gasteiger charge is 2.35.